The molecular weight excluding hydrogens is 300 g/mol. The predicted octanol–water partition coefficient (Wildman–Crippen LogP) is 2.61. The Morgan fingerprint density at radius 1 is 1.04 bits per heavy atom. The molecule has 2 heterocycles. The van der Waals surface area contributed by atoms with Gasteiger partial charge in [-0.1, -0.05) is 46.0 Å². The summed E-state index contributed by atoms with van der Waals surface area (Å²) >= 11 is 0. The minimum atomic E-state index is -1.86. The summed E-state index contributed by atoms with van der Waals surface area (Å²) in [4.78, 5) is 24.4. The second kappa shape index (κ2) is 4.28. The second-order valence-corrected chi connectivity index (χ2v) is 8.40. The van der Waals surface area contributed by atoms with Crippen molar-refractivity contribution in [3.8, 4) is 0 Å². The van der Waals surface area contributed by atoms with Crippen LogP contribution in [0.1, 0.15) is 58.8 Å². The molecule has 128 valence electrons. The Bertz CT molecular complexity index is 554. The summed E-state index contributed by atoms with van der Waals surface area (Å²) in [5.41, 5.74) is -2.79. The van der Waals surface area contributed by atoms with Gasteiger partial charge in [-0.3, -0.25) is 9.59 Å². The van der Waals surface area contributed by atoms with Gasteiger partial charge in [0.1, 0.15) is 0 Å². The summed E-state index contributed by atoms with van der Waals surface area (Å²) in [5, 5.41) is 19.9. The smallest absolute Gasteiger partial charge is 0.322 e. The SMILES string of the molecule is CC1(C)CC23OC2(O3)C(CC2CCCCC2)C1(C(=O)O)C(=O)O. The van der Waals surface area contributed by atoms with Crippen LogP contribution in [-0.2, 0) is 19.1 Å². The Morgan fingerprint density at radius 2 is 1.61 bits per heavy atom. The molecule has 4 rings (SSSR count). The first-order valence-electron chi connectivity index (χ1n) is 8.59. The van der Waals surface area contributed by atoms with Gasteiger partial charge in [0.15, 0.2) is 5.41 Å². The molecule has 1 unspecified atom stereocenters. The molecule has 0 aromatic heterocycles. The Morgan fingerprint density at radius 3 is 2.13 bits per heavy atom. The number of aliphatic carboxylic acids is 2. The van der Waals surface area contributed by atoms with Crippen molar-refractivity contribution in [2.45, 2.75) is 70.4 Å². The van der Waals surface area contributed by atoms with Gasteiger partial charge in [-0.05, 0) is 17.8 Å². The Hall–Kier alpha value is -1.14. The number of carbonyl (C=O) groups is 2. The number of hydrogen-bond acceptors (Lipinski definition) is 4. The van der Waals surface area contributed by atoms with Gasteiger partial charge in [0, 0.05) is 12.3 Å². The van der Waals surface area contributed by atoms with Crippen molar-refractivity contribution in [2.24, 2.45) is 22.7 Å². The third-order valence-corrected chi connectivity index (χ3v) is 6.77. The van der Waals surface area contributed by atoms with Crippen molar-refractivity contribution in [2.75, 3.05) is 0 Å². The lowest BCUT2D eigenvalue weighted by atomic mass is 9.51. The van der Waals surface area contributed by atoms with E-state index in [1.54, 1.807) is 13.8 Å². The molecule has 0 aromatic rings. The highest BCUT2D eigenvalue weighted by Crippen LogP contribution is 2.83. The van der Waals surface area contributed by atoms with Crippen molar-refractivity contribution in [3.05, 3.63) is 0 Å². The molecule has 6 nitrogen and oxygen atoms in total. The third kappa shape index (κ3) is 1.66. The van der Waals surface area contributed by atoms with Gasteiger partial charge in [0.2, 0.25) is 11.6 Å². The lowest BCUT2D eigenvalue weighted by molar-refractivity contribution is -0.190. The number of ether oxygens (including phenoxy) is 2. The highest BCUT2D eigenvalue weighted by atomic mass is 17.0. The van der Waals surface area contributed by atoms with E-state index in [0.29, 0.717) is 18.8 Å². The molecular formula is C17H24O6. The first-order valence-corrected chi connectivity index (χ1v) is 8.59. The maximum atomic E-state index is 12.2. The van der Waals surface area contributed by atoms with Crippen LogP contribution >= 0.6 is 0 Å². The molecule has 0 spiro atoms. The summed E-state index contributed by atoms with van der Waals surface area (Å²) in [7, 11) is 0. The van der Waals surface area contributed by atoms with Crippen LogP contribution < -0.4 is 0 Å². The maximum Gasteiger partial charge on any atom is 0.322 e. The molecule has 4 fully saturated rings. The van der Waals surface area contributed by atoms with E-state index in [4.69, 9.17) is 9.47 Å². The van der Waals surface area contributed by atoms with Crippen LogP contribution in [0.3, 0.4) is 0 Å². The van der Waals surface area contributed by atoms with Gasteiger partial charge in [0.25, 0.3) is 0 Å². The molecule has 6 heteroatoms. The molecule has 23 heavy (non-hydrogen) atoms. The first kappa shape index (κ1) is 15.4. The van der Waals surface area contributed by atoms with Gasteiger partial charge in [-0.25, -0.2) is 0 Å². The average molecular weight is 324 g/mol. The maximum absolute atomic E-state index is 12.2. The van der Waals surface area contributed by atoms with E-state index in [0.717, 1.165) is 25.7 Å². The van der Waals surface area contributed by atoms with E-state index in [-0.39, 0.29) is 0 Å². The predicted molar refractivity (Wildman–Crippen MR) is 78.4 cm³/mol. The zero-order valence-corrected chi connectivity index (χ0v) is 13.6. The van der Waals surface area contributed by atoms with E-state index >= 15 is 0 Å². The Labute approximate surface area is 135 Å². The molecule has 0 radical (unpaired) electrons. The molecule has 2 saturated heterocycles. The van der Waals surface area contributed by atoms with E-state index < -0.39 is 40.3 Å². The molecule has 4 aliphatic rings. The Kier molecular flexibility index (Phi) is 2.86. The van der Waals surface area contributed by atoms with Crippen LogP contribution in [0.25, 0.3) is 0 Å². The number of carboxylic acids is 2. The minimum absolute atomic E-state index is 0.319. The fourth-order valence-corrected chi connectivity index (χ4v) is 5.58. The zero-order valence-electron chi connectivity index (χ0n) is 13.6. The largest absolute Gasteiger partial charge is 0.480 e. The molecule has 2 aliphatic heterocycles. The lowest BCUT2D eigenvalue weighted by Gasteiger charge is -2.46. The molecule has 0 bridgehead atoms. The quantitative estimate of drug-likeness (QED) is 0.609. The number of hydrogen-bond donors (Lipinski definition) is 2. The average Bonchev–Trinajstić information content (AvgIpc) is 3.24. The monoisotopic (exact) mass is 324 g/mol. The van der Waals surface area contributed by atoms with Gasteiger partial charge >= 0.3 is 11.9 Å². The molecule has 1 atom stereocenters. The lowest BCUT2D eigenvalue weighted by Crippen LogP contribution is -2.60. The van der Waals surface area contributed by atoms with E-state index in [9.17, 15) is 19.8 Å². The van der Waals surface area contributed by atoms with Crippen molar-refractivity contribution in [1.82, 2.24) is 0 Å². The van der Waals surface area contributed by atoms with Crippen molar-refractivity contribution in [3.63, 3.8) is 0 Å². The number of epoxide rings is 2. The van der Waals surface area contributed by atoms with Crippen LogP contribution in [-0.4, -0.2) is 33.7 Å². The van der Waals surface area contributed by atoms with Crippen LogP contribution in [0.4, 0.5) is 0 Å². The summed E-state index contributed by atoms with van der Waals surface area (Å²) in [6, 6.07) is 0. The zero-order chi connectivity index (χ0) is 16.7. The van der Waals surface area contributed by atoms with E-state index in [2.05, 4.69) is 0 Å². The Balaban J connectivity index is 1.75. The van der Waals surface area contributed by atoms with Crippen molar-refractivity contribution < 1.29 is 29.3 Å². The molecule has 2 N–H and O–H groups in total. The van der Waals surface area contributed by atoms with E-state index in [1.165, 1.54) is 6.42 Å². The first-order chi connectivity index (χ1) is 10.7. The number of carboxylic acid groups (broad SMARTS) is 2. The van der Waals surface area contributed by atoms with Crippen molar-refractivity contribution >= 4 is 11.9 Å². The van der Waals surface area contributed by atoms with Crippen LogP contribution in [0.2, 0.25) is 0 Å². The molecule has 0 amide bonds. The summed E-state index contributed by atoms with van der Waals surface area (Å²) in [5.74, 6) is -4.44. The fraction of sp³-hybridized carbons (Fsp3) is 0.882. The van der Waals surface area contributed by atoms with Crippen LogP contribution in [0, 0.1) is 22.7 Å². The summed E-state index contributed by atoms with van der Waals surface area (Å²) in [6.07, 6.45) is 6.42. The summed E-state index contributed by atoms with van der Waals surface area (Å²) in [6.45, 7) is 3.45. The highest BCUT2D eigenvalue weighted by molar-refractivity contribution is 6.00. The molecule has 0 aromatic carbocycles. The number of rotatable bonds is 4. The van der Waals surface area contributed by atoms with Gasteiger partial charge in [-0.2, -0.15) is 0 Å². The van der Waals surface area contributed by atoms with Gasteiger partial charge in [0.05, 0.1) is 0 Å². The van der Waals surface area contributed by atoms with Crippen LogP contribution in [0.5, 0.6) is 0 Å². The highest BCUT2D eigenvalue weighted by Gasteiger charge is 3.00. The third-order valence-electron chi connectivity index (χ3n) is 6.77. The van der Waals surface area contributed by atoms with Crippen molar-refractivity contribution in [1.29, 1.82) is 0 Å². The standard InChI is InChI=1S/C17H24O6/c1-14(2)9-15-17(22-15,23-15)11(8-10-6-4-3-5-7-10)16(14,12(18)19)13(20)21/h10-11H,3-9H2,1-2H3,(H,18,19)(H,20,21). The molecule has 2 aliphatic carbocycles. The topological polar surface area (TPSA) is 99.7 Å². The van der Waals surface area contributed by atoms with Gasteiger partial charge < -0.3 is 19.7 Å². The molecule has 2 saturated carbocycles. The van der Waals surface area contributed by atoms with E-state index in [1.807, 2.05) is 0 Å². The second-order valence-electron chi connectivity index (χ2n) is 8.40. The van der Waals surface area contributed by atoms with Crippen LogP contribution in [0.15, 0.2) is 0 Å². The summed E-state index contributed by atoms with van der Waals surface area (Å²) < 4.78 is 11.5. The fourth-order valence-electron chi connectivity index (χ4n) is 5.58. The van der Waals surface area contributed by atoms with Gasteiger partial charge in [-0.15, -0.1) is 0 Å². The minimum Gasteiger partial charge on any atom is -0.480 e. The normalized spacial score (nSPS) is 43.1.